The lowest BCUT2D eigenvalue weighted by Crippen LogP contribution is -2.51. The Bertz CT molecular complexity index is 363. The van der Waals surface area contributed by atoms with Gasteiger partial charge in [-0.2, -0.15) is 0 Å². The molecule has 1 aliphatic rings. The second-order valence-corrected chi connectivity index (χ2v) is 4.54. The highest BCUT2D eigenvalue weighted by Crippen LogP contribution is 2.18. The van der Waals surface area contributed by atoms with E-state index in [2.05, 4.69) is 0 Å². The molecule has 1 fully saturated rings. The molecule has 86 valence electrons. The lowest BCUT2D eigenvalue weighted by Gasteiger charge is -2.34. The fraction of sp³-hybridized carbons (Fsp3) is 0.462. The number of nitrogens with two attached hydrogens (primary N) is 1. The van der Waals surface area contributed by atoms with Crippen molar-refractivity contribution in [1.82, 2.24) is 4.90 Å². The fourth-order valence-electron chi connectivity index (χ4n) is 2.06. The summed E-state index contributed by atoms with van der Waals surface area (Å²) in [6, 6.07) is 9.72. The van der Waals surface area contributed by atoms with Crippen molar-refractivity contribution >= 4 is 5.91 Å². The van der Waals surface area contributed by atoms with Gasteiger partial charge in [0, 0.05) is 13.1 Å². The summed E-state index contributed by atoms with van der Waals surface area (Å²) in [7, 11) is 0. The van der Waals surface area contributed by atoms with Crippen LogP contribution in [-0.4, -0.2) is 23.4 Å². The van der Waals surface area contributed by atoms with Crippen LogP contribution in [0.5, 0.6) is 0 Å². The predicted octanol–water partition coefficient (Wildman–Crippen LogP) is 1.38. The second kappa shape index (κ2) is 4.66. The smallest absolute Gasteiger partial charge is 0.240 e. The molecule has 0 radical (unpaired) electrons. The third-order valence-electron chi connectivity index (χ3n) is 3.28. The van der Waals surface area contributed by atoms with Gasteiger partial charge in [-0.3, -0.25) is 4.79 Å². The van der Waals surface area contributed by atoms with E-state index in [1.165, 1.54) is 0 Å². The Labute approximate surface area is 96.2 Å². The molecule has 1 amide bonds. The van der Waals surface area contributed by atoms with Gasteiger partial charge in [-0.05, 0) is 17.9 Å². The standard InChI is InChI=1S/C13H18N2O/c1-10-7-8-15(13(16)12(10)14)9-11-5-3-2-4-6-11/h2-6,10,12H,7-9,14H2,1H3. The van der Waals surface area contributed by atoms with Crippen LogP contribution in [0.2, 0.25) is 0 Å². The Hall–Kier alpha value is -1.35. The highest BCUT2D eigenvalue weighted by atomic mass is 16.2. The van der Waals surface area contributed by atoms with Gasteiger partial charge >= 0.3 is 0 Å². The first-order valence-corrected chi connectivity index (χ1v) is 5.77. The molecule has 3 heteroatoms. The minimum Gasteiger partial charge on any atom is -0.337 e. The maximum Gasteiger partial charge on any atom is 0.240 e. The molecule has 1 heterocycles. The van der Waals surface area contributed by atoms with Gasteiger partial charge in [-0.25, -0.2) is 0 Å². The summed E-state index contributed by atoms with van der Waals surface area (Å²) in [5.74, 6) is 0.391. The Kier molecular flexibility index (Phi) is 3.25. The van der Waals surface area contributed by atoms with Gasteiger partial charge in [0.1, 0.15) is 0 Å². The van der Waals surface area contributed by atoms with Gasteiger partial charge < -0.3 is 10.6 Å². The highest BCUT2D eigenvalue weighted by Gasteiger charge is 2.30. The van der Waals surface area contributed by atoms with E-state index in [0.717, 1.165) is 18.5 Å². The highest BCUT2D eigenvalue weighted by molar-refractivity contribution is 5.82. The maximum atomic E-state index is 11.9. The van der Waals surface area contributed by atoms with Gasteiger partial charge in [0.2, 0.25) is 5.91 Å². The van der Waals surface area contributed by atoms with Crippen LogP contribution in [0.15, 0.2) is 30.3 Å². The number of carbonyl (C=O) groups excluding carboxylic acids is 1. The van der Waals surface area contributed by atoms with Crippen LogP contribution in [0.4, 0.5) is 0 Å². The lowest BCUT2D eigenvalue weighted by molar-refractivity contribution is -0.137. The van der Waals surface area contributed by atoms with Crippen molar-refractivity contribution in [3.05, 3.63) is 35.9 Å². The van der Waals surface area contributed by atoms with Crippen LogP contribution in [-0.2, 0) is 11.3 Å². The van der Waals surface area contributed by atoms with E-state index in [-0.39, 0.29) is 11.9 Å². The molecule has 2 N–H and O–H groups in total. The van der Waals surface area contributed by atoms with Gasteiger partial charge in [0.25, 0.3) is 0 Å². The predicted molar refractivity (Wildman–Crippen MR) is 63.6 cm³/mol. The Balaban J connectivity index is 2.03. The number of rotatable bonds is 2. The first-order valence-electron chi connectivity index (χ1n) is 5.77. The zero-order valence-electron chi connectivity index (χ0n) is 9.60. The zero-order valence-corrected chi connectivity index (χ0v) is 9.60. The van der Waals surface area contributed by atoms with Crippen molar-refractivity contribution in [2.45, 2.75) is 25.9 Å². The van der Waals surface area contributed by atoms with Gasteiger partial charge in [0.15, 0.2) is 0 Å². The molecule has 0 aromatic heterocycles. The second-order valence-electron chi connectivity index (χ2n) is 4.54. The Morgan fingerprint density at radius 2 is 2.06 bits per heavy atom. The van der Waals surface area contributed by atoms with E-state index in [1.54, 1.807) is 0 Å². The number of hydrogen-bond acceptors (Lipinski definition) is 2. The molecular weight excluding hydrogens is 200 g/mol. The summed E-state index contributed by atoms with van der Waals surface area (Å²) in [6.07, 6.45) is 1.000. The first-order chi connectivity index (χ1) is 7.68. The van der Waals surface area contributed by atoms with Crippen molar-refractivity contribution < 1.29 is 4.79 Å². The van der Waals surface area contributed by atoms with E-state index in [0.29, 0.717) is 12.5 Å². The molecule has 1 aliphatic heterocycles. The Morgan fingerprint density at radius 3 is 2.75 bits per heavy atom. The number of piperidine rings is 1. The normalized spacial score (nSPS) is 25.9. The van der Waals surface area contributed by atoms with Crippen molar-refractivity contribution in [2.24, 2.45) is 11.7 Å². The number of nitrogens with zero attached hydrogens (tertiary/aromatic N) is 1. The molecule has 1 aromatic rings. The first kappa shape index (κ1) is 11.1. The minimum atomic E-state index is -0.322. The average Bonchev–Trinajstić information content (AvgIpc) is 2.31. The lowest BCUT2D eigenvalue weighted by atomic mass is 9.93. The van der Waals surface area contributed by atoms with E-state index in [1.807, 2.05) is 42.2 Å². The number of amides is 1. The molecule has 16 heavy (non-hydrogen) atoms. The topological polar surface area (TPSA) is 46.3 Å². The minimum absolute atomic E-state index is 0.0857. The van der Waals surface area contributed by atoms with Crippen LogP contribution in [0, 0.1) is 5.92 Å². The van der Waals surface area contributed by atoms with Crippen molar-refractivity contribution in [1.29, 1.82) is 0 Å². The molecule has 0 bridgehead atoms. The molecular formula is C13H18N2O. The van der Waals surface area contributed by atoms with E-state index < -0.39 is 0 Å². The SMILES string of the molecule is CC1CCN(Cc2ccccc2)C(=O)C1N. The van der Waals surface area contributed by atoms with Crippen LogP contribution in [0.3, 0.4) is 0 Å². The third kappa shape index (κ3) is 2.25. The molecule has 3 nitrogen and oxygen atoms in total. The van der Waals surface area contributed by atoms with Crippen LogP contribution < -0.4 is 5.73 Å². The number of carbonyl (C=O) groups is 1. The molecule has 2 atom stereocenters. The average molecular weight is 218 g/mol. The van der Waals surface area contributed by atoms with Crippen LogP contribution in [0.1, 0.15) is 18.9 Å². The van der Waals surface area contributed by atoms with E-state index in [4.69, 9.17) is 5.73 Å². The zero-order chi connectivity index (χ0) is 11.5. The molecule has 2 unspecified atom stereocenters. The number of hydrogen-bond donors (Lipinski definition) is 1. The number of likely N-dealkylation sites (tertiary alicyclic amines) is 1. The molecule has 1 aromatic carbocycles. The monoisotopic (exact) mass is 218 g/mol. The Morgan fingerprint density at radius 1 is 1.38 bits per heavy atom. The van der Waals surface area contributed by atoms with Gasteiger partial charge in [-0.15, -0.1) is 0 Å². The summed E-state index contributed by atoms with van der Waals surface area (Å²) >= 11 is 0. The molecule has 0 aliphatic carbocycles. The van der Waals surface area contributed by atoms with Crippen molar-refractivity contribution in [2.75, 3.05) is 6.54 Å². The molecule has 1 saturated heterocycles. The summed E-state index contributed by atoms with van der Waals surface area (Å²) in [5.41, 5.74) is 7.04. The summed E-state index contributed by atoms with van der Waals surface area (Å²) in [4.78, 5) is 13.8. The van der Waals surface area contributed by atoms with Crippen molar-refractivity contribution in [3.8, 4) is 0 Å². The summed E-state index contributed by atoms with van der Waals surface area (Å²) < 4.78 is 0. The fourth-order valence-corrected chi connectivity index (χ4v) is 2.06. The van der Waals surface area contributed by atoms with Gasteiger partial charge in [-0.1, -0.05) is 37.3 Å². The molecule has 2 rings (SSSR count). The summed E-state index contributed by atoms with van der Waals surface area (Å²) in [6.45, 7) is 3.55. The van der Waals surface area contributed by atoms with Crippen LogP contribution >= 0.6 is 0 Å². The molecule has 0 saturated carbocycles. The summed E-state index contributed by atoms with van der Waals surface area (Å²) in [5, 5.41) is 0. The quantitative estimate of drug-likeness (QED) is 0.815. The van der Waals surface area contributed by atoms with E-state index in [9.17, 15) is 4.79 Å². The maximum absolute atomic E-state index is 11.9. The largest absolute Gasteiger partial charge is 0.337 e. The van der Waals surface area contributed by atoms with E-state index >= 15 is 0 Å². The molecule has 0 spiro atoms. The number of benzene rings is 1. The van der Waals surface area contributed by atoms with Crippen molar-refractivity contribution in [3.63, 3.8) is 0 Å². The van der Waals surface area contributed by atoms with Gasteiger partial charge in [0.05, 0.1) is 6.04 Å². The third-order valence-corrected chi connectivity index (χ3v) is 3.28. The van der Waals surface area contributed by atoms with Crippen LogP contribution in [0.25, 0.3) is 0 Å².